The number of ketones is 2. The van der Waals surface area contributed by atoms with E-state index in [0.717, 1.165) is 11.1 Å². The van der Waals surface area contributed by atoms with E-state index in [0.29, 0.717) is 22.3 Å². The average molecular weight is 317 g/mol. The number of carbonyl (C=O) groups is 2. The molecule has 1 aliphatic rings. The predicted molar refractivity (Wildman–Crippen MR) is 84.8 cm³/mol. The molecule has 5 nitrogen and oxygen atoms in total. The molecule has 0 radical (unpaired) electrons. The summed E-state index contributed by atoms with van der Waals surface area (Å²) in [5, 5.41) is 0. The molecule has 0 saturated heterocycles. The second kappa shape index (κ2) is 6.46. The van der Waals surface area contributed by atoms with Crippen LogP contribution in [0.15, 0.2) is 36.4 Å². The van der Waals surface area contributed by atoms with Crippen LogP contribution in [0.4, 0.5) is 0 Å². The van der Waals surface area contributed by atoms with Gasteiger partial charge in [-0.15, -0.1) is 0 Å². The van der Waals surface area contributed by atoms with E-state index in [-0.39, 0.29) is 11.6 Å². The van der Waals surface area contributed by atoms with Crippen LogP contribution in [0.3, 0.4) is 0 Å². The van der Waals surface area contributed by atoms with E-state index in [2.05, 4.69) is 5.50 Å². The molecule has 4 N–H and O–H groups in total. The summed E-state index contributed by atoms with van der Waals surface area (Å²) in [6, 6.07) is 10.7. The van der Waals surface area contributed by atoms with E-state index in [1.807, 2.05) is 19.9 Å². The van der Waals surface area contributed by atoms with Crippen molar-refractivity contribution < 1.29 is 19.4 Å². The lowest BCUT2D eigenvalue weighted by atomic mass is 9.81. The normalized spacial score (nSPS) is 12.5. The number of aryl methyl sites for hydroxylation is 1. The zero-order chi connectivity index (χ0) is 16.4. The molecule has 22 heavy (non-hydrogen) atoms. The highest BCUT2D eigenvalue weighted by atomic mass is 31.2. The molecule has 0 aromatic heterocycles. The largest absolute Gasteiger partial charge is 0.338 e. The van der Waals surface area contributed by atoms with Gasteiger partial charge in [0.05, 0.1) is 0 Å². The van der Waals surface area contributed by atoms with Gasteiger partial charge in [0.25, 0.3) is 0 Å². The average Bonchev–Trinajstić information content (AvgIpc) is 2.47. The van der Waals surface area contributed by atoms with E-state index in [9.17, 15) is 9.59 Å². The van der Waals surface area contributed by atoms with Crippen LogP contribution in [0.5, 0.6) is 0 Å². The van der Waals surface area contributed by atoms with Crippen molar-refractivity contribution >= 4 is 20.1 Å². The Labute approximate surface area is 129 Å². The van der Waals surface area contributed by atoms with E-state index < -0.39 is 8.53 Å². The summed E-state index contributed by atoms with van der Waals surface area (Å²) in [5.74, 6) is -0.0929. The lowest BCUT2D eigenvalue weighted by molar-refractivity contribution is 0.0978. The van der Waals surface area contributed by atoms with Gasteiger partial charge in [0.2, 0.25) is 8.53 Å². The fourth-order valence-corrected chi connectivity index (χ4v) is 2.46. The number of carbonyl (C=O) groups excluding carboxylic acids is 2. The Bertz CT molecular complexity index is 753. The van der Waals surface area contributed by atoms with Crippen molar-refractivity contribution in [1.29, 1.82) is 0 Å². The molecule has 0 spiro atoms. The minimum atomic E-state index is -2.12. The maximum atomic E-state index is 12.5. The van der Waals surface area contributed by atoms with Gasteiger partial charge in [-0.2, -0.15) is 0 Å². The Morgan fingerprint density at radius 3 is 1.91 bits per heavy atom. The molecule has 2 aromatic carbocycles. The summed E-state index contributed by atoms with van der Waals surface area (Å²) < 4.78 is 0. The van der Waals surface area contributed by atoms with Crippen LogP contribution in [-0.2, 0) is 0 Å². The summed E-state index contributed by atoms with van der Waals surface area (Å²) in [4.78, 5) is 39.7. The lowest BCUT2D eigenvalue weighted by Gasteiger charge is -2.19. The Hall–Kier alpha value is -1.91. The van der Waals surface area contributed by atoms with Gasteiger partial charge in [0.15, 0.2) is 11.6 Å². The molecule has 1 aliphatic carbocycles. The second-order valence-corrected chi connectivity index (χ2v) is 5.60. The molecule has 114 valence electrons. The van der Waals surface area contributed by atoms with Gasteiger partial charge >= 0.3 is 0 Å². The smallest absolute Gasteiger partial charge is 0.247 e. The van der Waals surface area contributed by atoms with Crippen molar-refractivity contribution in [3.05, 3.63) is 69.8 Å². The van der Waals surface area contributed by atoms with Gasteiger partial charge in [0, 0.05) is 22.3 Å². The fourth-order valence-electron chi connectivity index (χ4n) is 2.46. The zero-order valence-corrected chi connectivity index (χ0v) is 13.1. The third kappa shape index (κ3) is 2.98. The van der Waals surface area contributed by atoms with Gasteiger partial charge in [-0.25, -0.2) is 0 Å². The Morgan fingerprint density at radius 2 is 1.36 bits per heavy atom. The summed E-state index contributed by atoms with van der Waals surface area (Å²) in [6.07, 6.45) is 0. The first kappa shape index (κ1) is 16.5. The van der Waals surface area contributed by atoms with Crippen molar-refractivity contribution in [2.45, 2.75) is 13.8 Å². The van der Waals surface area contributed by atoms with Gasteiger partial charge < -0.3 is 9.79 Å². The van der Waals surface area contributed by atoms with E-state index in [1.165, 1.54) is 0 Å². The number of nitrogens with two attached hydrogens (primary N) is 1. The SMILES string of the molecule is Cc1ccc2c(c1C)C(=O)c1ccccc1C2=O.NP(O)O. The minimum absolute atomic E-state index is 0.0404. The molecule has 0 saturated carbocycles. The van der Waals surface area contributed by atoms with Crippen molar-refractivity contribution in [2.24, 2.45) is 5.50 Å². The standard InChI is InChI=1S/C16H12O2.H4NO2P/c1-9-7-8-13-14(10(9)2)16(18)12-6-4-3-5-11(12)15(13)17;1-4(2)3/h3-8H,1-2H3;2-3H,1H2. The predicted octanol–water partition coefficient (Wildman–Crippen LogP) is 2.24. The highest BCUT2D eigenvalue weighted by Crippen LogP contribution is 2.30. The number of fused-ring (bicyclic) bond motifs is 2. The van der Waals surface area contributed by atoms with Crippen LogP contribution < -0.4 is 5.50 Å². The van der Waals surface area contributed by atoms with Crippen LogP contribution in [0, 0.1) is 13.8 Å². The molecule has 6 heteroatoms. The first-order valence-electron chi connectivity index (χ1n) is 6.55. The van der Waals surface area contributed by atoms with Gasteiger partial charge in [0.1, 0.15) is 0 Å². The number of hydrogen-bond acceptors (Lipinski definition) is 5. The van der Waals surface area contributed by atoms with Crippen LogP contribution in [-0.4, -0.2) is 21.4 Å². The Kier molecular flexibility index (Phi) is 4.84. The van der Waals surface area contributed by atoms with Crippen molar-refractivity contribution in [2.75, 3.05) is 0 Å². The number of hydrogen-bond donors (Lipinski definition) is 3. The lowest BCUT2D eigenvalue weighted by Crippen LogP contribution is -2.22. The summed E-state index contributed by atoms with van der Waals surface area (Å²) in [7, 11) is -2.12. The highest BCUT2D eigenvalue weighted by Gasteiger charge is 2.30. The highest BCUT2D eigenvalue weighted by molar-refractivity contribution is 7.42. The maximum absolute atomic E-state index is 12.5. The summed E-state index contributed by atoms with van der Waals surface area (Å²) in [5.41, 5.74) is 8.35. The van der Waals surface area contributed by atoms with Gasteiger partial charge in [-0.05, 0) is 25.0 Å². The number of rotatable bonds is 0. The Balaban J connectivity index is 0.000000396. The van der Waals surface area contributed by atoms with E-state index in [1.54, 1.807) is 30.3 Å². The first-order valence-corrected chi connectivity index (χ1v) is 7.87. The monoisotopic (exact) mass is 317 g/mol. The van der Waals surface area contributed by atoms with Crippen LogP contribution in [0.25, 0.3) is 0 Å². The molecule has 0 amide bonds. The third-order valence-electron chi connectivity index (χ3n) is 3.62. The summed E-state index contributed by atoms with van der Waals surface area (Å²) in [6.45, 7) is 3.85. The quantitative estimate of drug-likeness (QED) is 0.552. The molecular formula is C16H16NO4P. The van der Waals surface area contributed by atoms with E-state index >= 15 is 0 Å². The van der Waals surface area contributed by atoms with Crippen LogP contribution in [0.1, 0.15) is 43.0 Å². The van der Waals surface area contributed by atoms with Gasteiger partial charge in [-0.1, -0.05) is 36.4 Å². The first-order chi connectivity index (χ1) is 10.3. The maximum Gasteiger partial charge on any atom is 0.247 e. The minimum Gasteiger partial charge on any atom is -0.338 e. The van der Waals surface area contributed by atoms with Gasteiger partial charge in [-0.3, -0.25) is 15.1 Å². The number of benzene rings is 2. The molecule has 0 fully saturated rings. The molecule has 0 aliphatic heterocycles. The molecule has 3 rings (SSSR count). The van der Waals surface area contributed by atoms with Crippen LogP contribution >= 0.6 is 8.53 Å². The van der Waals surface area contributed by atoms with Crippen molar-refractivity contribution in [3.63, 3.8) is 0 Å². The van der Waals surface area contributed by atoms with Crippen LogP contribution in [0.2, 0.25) is 0 Å². The summed E-state index contributed by atoms with van der Waals surface area (Å²) >= 11 is 0. The fraction of sp³-hybridized carbons (Fsp3) is 0.125. The van der Waals surface area contributed by atoms with Crippen molar-refractivity contribution in [3.8, 4) is 0 Å². The van der Waals surface area contributed by atoms with E-state index in [4.69, 9.17) is 9.79 Å². The molecule has 2 aromatic rings. The van der Waals surface area contributed by atoms with Crippen molar-refractivity contribution in [1.82, 2.24) is 0 Å². The molecule has 0 bridgehead atoms. The Morgan fingerprint density at radius 1 is 0.864 bits per heavy atom. The third-order valence-corrected chi connectivity index (χ3v) is 3.62. The molecule has 0 unspecified atom stereocenters. The molecule has 0 heterocycles. The second-order valence-electron chi connectivity index (χ2n) is 4.95. The molecular weight excluding hydrogens is 301 g/mol. The molecule has 0 atom stereocenters. The topological polar surface area (TPSA) is 101 Å². The zero-order valence-electron chi connectivity index (χ0n) is 12.2.